The van der Waals surface area contributed by atoms with Gasteiger partial charge in [-0.15, -0.1) is 0 Å². The number of ether oxygens (including phenoxy) is 2. The van der Waals surface area contributed by atoms with E-state index in [-0.39, 0.29) is 25.6 Å². The molecule has 0 aliphatic heterocycles. The lowest BCUT2D eigenvalue weighted by Crippen LogP contribution is -2.44. The molecule has 0 unspecified atom stereocenters. The number of carbonyl (C=O) groups is 2. The van der Waals surface area contributed by atoms with Gasteiger partial charge in [0.25, 0.3) is 0 Å². The number of alkyl carbamates (subject to hydrolysis) is 1. The summed E-state index contributed by atoms with van der Waals surface area (Å²) < 4.78 is 10.9. The van der Waals surface area contributed by atoms with Crippen molar-refractivity contribution in [3.63, 3.8) is 0 Å². The van der Waals surface area contributed by atoms with Gasteiger partial charge >= 0.3 is 12.1 Å². The van der Waals surface area contributed by atoms with Crippen molar-refractivity contribution < 1.29 is 19.1 Å². The molecule has 0 spiro atoms. The molecule has 0 radical (unpaired) electrons. The van der Waals surface area contributed by atoms with Crippen LogP contribution in [0.3, 0.4) is 0 Å². The van der Waals surface area contributed by atoms with Gasteiger partial charge in [-0.1, -0.05) is 104 Å². The molecule has 1 aliphatic rings. The van der Waals surface area contributed by atoms with Crippen LogP contribution in [0.2, 0.25) is 0 Å². The van der Waals surface area contributed by atoms with Gasteiger partial charge in [-0.25, -0.2) is 9.59 Å². The molecule has 1 aliphatic carbocycles. The molecule has 0 heterocycles. The highest BCUT2D eigenvalue weighted by Gasteiger charge is 2.30. The van der Waals surface area contributed by atoms with Crippen molar-refractivity contribution in [2.24, 2.45) is 0 Å². The maximum absolute atomic E-state index is 12.9. The van der Waals surface area contributed by atoms with Crippen molar-refractivity contribution in [1.29, 1.82) is 0 Å². The maximum Gasteiger partial charge on any atom is 0.407 e. The van der Waals surface area contributed by atoms with Gasteiger partial charge in [-0.05, 0) is 38.6 Å². The minimum Gasteiger partial charge on any atom is -0.460 e. The molecule has 0 aromatic heterocycles. The minimum atomic E-state index is -0.887. The lowest BCUT2D eigenvalue weighted by atomic mass is 9.98. The molecule has 0 fully saturated rings. The Kier molecular flexibility index (Phi) is 6.80. The smallest absolute Gasteiger partial charge is 0.407 e. The fraction of sp³-hybridized carbons (Fsp3) is 0.161. The number of nitrogens with one attached hydrogen (secondary N) is 1. The Morgan fingerprint density at radius 3 is 2.17 bits per heavy atom. The average Bonchev–Trinajstić information content (AvgIpc) is 3.23. The Morgan fingerprint density at radius 1 is 0.833 bits per heavy atom. The van der Waals surface area contributed by atoms with E-state index < -0.39 is 18.1 Å². The molecule has 4 aromatic rings. The third-order valence-corrected chi connectivity index (χ3v) is 6.52. The van der Waals surface area contributed by atoms with Gasteiger partial charge in [-0.2, -0.15) is 0 Å². The van der Waals surface area contributed by atoms with Crippen molar-refractivity contribution in [3.8, 4) is 11.1 Å². The number of hydrogen-bond acceptors (Lipinski definition) is 4. The molecule has 4 aromatic carbocycles. The highest BCUT2D eigenvalue weighted by Crippen LogP contribution is 2.44. The number of amides is 1. The average molecular weight is 478 g/mol. The molecule has 1 amide bonds. The molecule has 0 bridgehead atoms. The number of benzene rings is 4. The van der Waals surface area contributed by atoms with Crippen molar-refractivity contribution in [2.45, 2.75) is 18.4 Å². The van der Waals surface area contributed by atoms with E-state index in [0.717, 1.165) is 38.6 Å². The van der Waals surface area contributed by atoms with E-state index in [1.807, 2.05) is 66.7 Å². The second-order valence-corrected chi connectivity index (χ2v) is 8.83. The number of hydrogen-bond donors (Lipinski definition) is 1. The Labute approximate surface area is 210 Å². The van der Waals surface area contributed by atoms with E-state index in [1.54, 1.807) is 0 Å². The first-order valence-electron chi connectivity index (χ1n) is 12.0. The first kappa shape index (κ1) is 23.4. The maximum atomic E-state index is 12.9. The number of rotatable bonds is 8. The molecular formula is C31H27NO4. The van der Waals surface area contributed by atoms with Gasteiger partial charge in [0.2, 0.25) is 0 Å². The third-order valence-electron chi connectivity index (χ3n) is 6.52. The molecule has 180 valence electrons. The monoisotopic (exact) mass is 477 g/mol. The first-order chi connectivity index (χ1) is 17.6. The third kappa shape index (κ3) is 4.86. The summed E-state index contributed by atoms with van der Waals surface area (Å²) in [6.07, 6.45) is 1.13. The van der Waals surface area contributed by atoms with Crippen LogP contribution in [-0.2, 0) is 20.7 Å². The Morgan fingerprint density at radius 2 is 1.47 bits per heavy atom. The topological polar surface area (TPSA) is 64.6 Å². The summed E-state index contributed by atoms with van der Waals surface area (Å²) in [6, 6.07) is 29.4. The highest BCUT2D eigenvalue weighted by molar-refractivity contribution is 5.85. The van der Waals surface area contributed by atoms with Crippen LogP contribution in [0.15, 0.2) is 104 Å². The van der Waals surface area contributed by atoms with Crippen LogP contribution in [0, 0.1) is 0 Å². The van der Waals surface area contributed by atoms with Crippen LogP contribution in [-0.4, -0.2) is 31.3 Å². The molecule has 5 heteroatoms. The summed E-state index contributed by atoms with van der Waals surface area (Å²) >= 11 is 0. The predicted molar refractivity (Wildman–Crippen MR) is 141 cm³/mol. The zero-order valence-electron chi connectivity index (χ0n) is 19.9. The van der Waals surface area contributed by atoms with E-state index in [4.69, 9.17) is 9.47 Å². The lowest BCUT2D eigenvalue weighted by molar-refractivity contribution is -0.144. The van der Waals surface area contributed by atoms with Crippen molar-refractivity contribution in [3.05, 3.63) is 120 Å². The van der Waals surface area contributed by atoms with E-state index >= 15 is 0 Å². The Hall–Kier alpha value is -4.38. The summed E-state index contributed by atoms with van der Waals surface area (Å²) in [7, 11) is 0. The summed E-state index contributed by atoms with van der Waals surface area (Å²) in [6.45, 7) is 3.83. The van der Waals surface area contributed by atoms with Gasteiger partial charge in [0, 0.05) is 12.3 Å². The Balaban J connectivity index is 1.30. The number of esters is 1. The molecular weight excluding hydrogens is 450 g/mol. The lowest BCUT2D eigenvalue weighted by Gasteiger charge is -2.19. The SMILES string of the molecule is C=CCOC(=O)[C@@H](Cc1ccc2ccccc2c1)NC(=O)OCC1c2ccccc2-c2ccccc21. The van der Waals surface area contributed by atoms with Gasteiger partial charge in [0.05, 0.1) is 0 Å². The van der Waals surface area contributed by atoms with E-state index in [9.17, 15) is 9.59 Å². The zero-order valence-corrected chi connectivity index (χ0v) is 19.9. The van der Waals surface area contributed by atoms with Crippen LogP contribution in [0.1, 0.15) is 22.6 Å². The van der Waals surface area contributed by atoms with Gasteiger partial charge in [-0.3, -0.25) is 0 Å². The van der Waals surface area contributed by atoms with Gasteiger partial charge in [0.1, 0.15) is 19.3 Å². The highest BCUT2D eigenvalue weighted by atomic mass is 16.6. The van der Waals surface area contributed by atoms with E-state index in [2.05, 4.69) is 36.2 Å². The number of carbonyl (C=O) groups excluding carboxylic acids is 2. The van der Waals surface area contributed by atoms with E-state index in [1.165, 1.54) is 6.08 Å². The molecule has 0 saturated carbocycles. The largest absolute Gasteiger partial charge is 0.460 e. The fourth-order valence-corrected chi connectivity index (χ4v) is 4.82. The first-order valence-corrected chi connectivity index (χ1v) is 12.0. The minimum absolute atomic E-state index is 0.0604. The summed E-state index contributed by atoms with van der Waals surface area (Å²) in [5.74, 6) is -0.591. The summed E-state index contributed by atoms with van der Waals surface area (Å²) in [4.78, 5) is 25.6. The predicted octanol–water partition coefficient (Wildman–Crippen LogP) is 6.02. The van der Waals surface area contributed by atoms with Crippen LogP contribution >= 0.6 is 0 Å². The van der Waals surface area contributed by atoms with Crippen LogP contribution in [0.4, 0.5) is 4.79 Å². The molecule has 5 rings (SSSR count). The fourth-order valence-electron chi connectivity index (χ4n) is 4.82. The number of fused-ring (bicyclic) bond motifs is 4. The Bertz CT molecular complexity index is 1380. The molecule has 1 N–H and O–H groups in total. The quantitative estimate of drug-likeness (QED) is 0.249. The zero-order chi connectivity index (χ0) is 24.9. The second kappa shape index (κ2) is 10.5. The van der Waals surface area contributed by atoms with E-state index in [0.29, 0.717) is 0 Å². The molecule has 1 atom stereocenters. The van der Waals surface area contributed by atoms with Gasteiger partial charge in [0.15, 0.2) is 0 Å². The standard InChI is InChI=1S/C31H27NO4/c1-2-17-35-30(33)29(19-21-15-16-22-9-3-4-10-23(22)18-21)32-31(34)36-20-28-26-13-7-5-11-24(26)25-12-6-8-14-27(25)28/h2-16,18,28-29H,1,17,19-20H2,(H,32,34)/t29-/m1/s1. The summed E-state index contributed by atoms with van der Waals surface area (Å²) in [5.41, 5.74) is 5.48. The van der Waals surface area contributed by atoms with Crippen molar-refractivity contribution >= 4 is 22.8 Å². The molecule has 0 saturated heterocycles. The van der Waals surface area contributed by atoms with Crippen molar-refractivity contribution in [2.75, 3.05) is 13.2 Å². The molecule has 36 heavy (non-hydrogen) atoms. The molecule has 5 nitrogen and oxygen atoms in total. The summed E-state index contributed by atoms with van der Waals surface area (Å²) in [5, 5.41) is 4.90. The van der Waals surface area contributed by atoms with Crippen LogP contribution in [0.5, 0.6) is 0 Å². The normalized spacial score (nSPS) is 12.9. The van der Waals surface area contributed by atoms with Gasteiger partial charge < -0.3 is 14.8 Å². The van der Waals surface area contributed by atoms with Crippen LogP contribution in [0.25, 0.3) is 21.9 Å². The second-order valence-electron chi connectivity index (χ2n) is 8.83. The van der Waals surface area contributed by atoms with Crippen molar-refractivity contribution in [1.82, 2.24) is 5.32 Å². The van der Waals surface area contributed by atoms with Crippen LogP contribution < -0.4 is 5.32 Å².